The largest absolute Gasteiger partial charge is 0.495 e. The average Bonchev–Trinajstić information content (AvgIpc) is 2.96. The second kappa shape index (κ2) is 7.60. The number of methoxy groups -OCH3 is 1. The van der Waals surface area contributed by atoms with Crippen LogP contribution in [-0.2, 0) is 16.1 Å². The molecule has 1 N–H and O–H groups in total. The number of likely N-dealkylation sites (tertiary alicyclic amines) is 1. The van der Waals surface area contributed by atoms with Gasteiger partial charge in [0, 0.05) is 19.5 Å². The fourth-order valence-corrected chi connectivity index (χ4v) is 3.29. The summed E-state index contributed by atoms with van der Waals surface area (Å²) in [6, 6.07) is 13.7. The Bertz CT molecular complexity index is 832. The van der Waals surface area contributed by atoms with Crippen LogP contribution in [0.1, 0.15) is 23.1 Å². The van der Waals surface area contributed by atoms with Gasteiger partial charge < -0.3 is 15.0 Å². The van der Waals surface area contributed by atoms with Crippen LogP contribution in [0.2, 0.25) is 0 Å². The zero-order valence-electron chi connectivity index (χ0n) is 15.4. The van der Waals surface area contributed by atoms with Crippen LogP contribution in [0, 0.1) is 19.8 Å². The number of carbonyl (C=O) groups excluding carboxylic acids is 2. The Labute approximate surface area is 154 Å². The number of benzene rings is 2. The first-order valence-corrected chi connectivity index (χ1v) is 8.75. The Hall–Kier alpha value is -2.82. The van der Waals surface area contributed by atoms with Gasteiger partial charge in [-0.05, 0) is 37.1 Å². The molecule has 5 heteroatoms. The fraction of sp³-hybridized carbons (Fsp3) is 0.333. The van der Waals surface area contributed by atoms with Crippen LogP contribution in [0.4, 0.5) is 5.69 Å². The highest BCUT2D eigenvalue weighted by atomic mass is 16.5. The Morgan fingerprint density at radius 1 is 1.19 bits per heavy atom. The van der Waals surface area contributed by atoms with Crippen molar-refractivity contribution in [2.75, 3.05) is 19.0 Å². The summed E-state index contributed by atoms with van der Waals surface area (Å²) in [7, 11) is 1.57. The van der Waals surface area contributed by atoms with Gasteiger partial charge in [0.05, 0.1) is 18.7 Å². The fourth-order valence-electron chi connectivity index (χ4n) is 3.29. The molecule has 1 aliphatic heterocycles. The summed E-state index contributed by atoms with van der Waals surface area (Å²) in [5.74, 6) is 0.138. The number of rotatable bonds is 5. The van der Waals surface area contributed by atoms with E-state index in [0.717, 1.165) is 16.7 Å². The third-order valence-electron chi connectivity index (χ3n) is 4.65. The van der Waals surface area contributed by atoms with E-state index in [1.54, 1.807) is 12.0 Å². The quantitative estimate of drug-likeness (QED) is 0.898. The van der Waals surface area contributed by atoms with E-state index >= 15 is 0 Å². The highest BCUT2D eigenvalue weighted by Crippen LogP contribution is 2.27. The zero-order valence-corrected chi connectivity index (χ0v) is 15.4. The van der Waals surface area contributed by atoms with E-state index in [1.165, 1.54) is 0 Å². The molecule has 5 nitrogen and oxygen atoms in total. The van der Waals surface area contributed by atoms with Gasteiger partial charge >= 0.3 is 0 Å². The van der Waals surface area contributed by atoms with Gasteiger partial charge in [0.15, 0.2) is 0 Å². The van der Waals surface area contributed by atoms with E-state index in [4.69, 9.17) is 4.74 Å². The zero-order chi connectivity index (χ0) is 18.7. The Balaban J connectivity index is 1.66. The predicted molar refractivity (Wildman–Crippen MR) is 101 cm³/mol. The van der Waals surface area contributed by atoms with Crippen LogP contribution in [-0.4, -0.2) is 30.4 Å². The number of nitrogens with zero attached hydrogens (tertiary/aromatic N) is 1. The molecular weight excluding hydrogens is 328 g/mol. The van der Waals surface area contributed by atoms with Crippen LogP contribution in [0.3, 0.4) is 0 Å². The molecule has 1 unspecified atom stereocenters. The van der Waals surface area contributed by atoms with Crippen molar-refractivity contribution in [3.05, 3.63) is 59.2 Å². The molecule has 1 heterocycles. The first kappa shape index (κ1) is 18.0. The third-order valence-corrected chi connectivity index (χ3v) is 4.65. The van der Waals surface area contributed by atoms with Crippen LogP contribution in [0.15, 0.2) is 42.5 Å². The molecule has 26 heavy (non-hydrogen) atoms. The molecule has 1 fully saturated rings. The van der Waals surface area contributed by atoms with Gasteiger partial charge in [-0.2, -0.15) is 0 Å². The number of amides is 2. The molecule has 0 bridgehead atoms. The lowest BCUT2D eigenvalue weighted by Gasteiger charge is -2.17. The lowest BCUT2D eigenvalue weighted by atomic mass is 10.1. The topological polar surface area (TPSA) is 58.6 Å². The monoisotopic (exact) mass is 352 g/mol. The number of nitrogens with one attached hydrogen (secondary N) is 1. The van der Waals surface area contributed by atoms with Crippen molar-refractivity contribution in [3.63, 3.8) is 0 Å². The molecule has 3 rings (SSSR count). The summed E-state index contributed by atoms with van der Waals surface area (Å²) in [4.78, 5) is 26.7. The van der Waals surface area contributed by atoms with Crippen molar-refractivity contribution < 1.29 is 14.3 Å². The molecular formula is C21H24N2O3. The molecule has 0 aliphatic carbocycles. The standard InChI is InChI=1S/C21H24N2O3/c1-14-5-4-6-16(9-14)12-23-13-17(11-20(23)24)21(25)22-18-10-15(2)7-8-19(18)26-3/h4-10,17H,11-13H2,1-3H3,(H,22,25). The molecule has 0 saturated carbocycles. The Morgan fingerprint density at radius 3 is 2.69 bits per heavy atom. The summed E-state index contributed by atoms with van der Waals surface area (Å²) in [5.41, 5.74) is 3.92. The number of anilines is 1. The highest BCUT2D eigenvalue weighted by molar-refractivity contribution is 5.98. The molecule has 0 spiro atoms. The van der Waals surface area contributed by atoms with Crippen molar-refractivity contribution in [2.45, 2.75) is 26.8 Å². The van der Waals surface area contributed by atoms with E-state index < -0.39 is 0 Å². The normalized spacial score (nSPS) is 16.7. The summed E-state index contributed by atoms with van der Waals surface area (Å²) in [6.45, 7) is 4.96. The van der Waals surface area contributed by atoms with Crippen LogP contribution >= 0.6 is 0 Å². The van der Waals surface area contributed by atoms with E-state index in [1.807, 2.05) is 50.2 Å². The SMILES string of the molecule is COc1ccc(C)cc1NC(=O)C1CC(=O)N(Cc2cccc(C)c2)C1. The number of aryl methyl sites for hydroxylation is 2. The molecule has 0 radical (unpaired) electrons. The van der Waals surface area contributed by atoms with Crippen molar-refractivity contribution in [3.8, 4) is 5.75 Å². The van der Waals surface area contributed by atoms with Gasteiger partial charge in [0.1, 0.15) is 5.75 Å². The minimum atomic E-state index is -0.350. The summed E-state index contributed by atoms with van der Waals surface area (Å²) >= 11 is 0. The number of hydrogen-bond donors (Lipinski definition) is 1. The minimum absolute atomic E-state index is 0.0165. The molecule has 2 aromatic rings. The molecule has 1 aliphatic rings. The lowest BCUT2D eigenvalue weighted by Crippen LogP contribution is -2.28. The van der Waals surface area contributed by atoms with E-state index in [2.05, 4.69) is 11.4 Å². The first-order valence-electron chi connectivity index (χ1n) is 8.75. The van der Waals surface area contributed by atoms with Gasteiger partial charge in [0.2, 0.25) is 11.8 Å². The maximum atomic E-state index is 12.6. The maximum absolute atomic E-state index is 12.6. The minimum Gasteiger partial charge on any atom is -0.495 e. The van der Waals surface area contributed by atoms with Crippen molar-refractivity contribution in [2.24, 2.45) is 5.92 Å². The third kappa shape index (κ3) is 4.04. The summed E-state index contributed by atoms with van der Waals surface area (Å²) < 4.78 is 5.30. The molecule has 2 amide bonds. The first-order chi connectivity index (χ1) is 12.5. The van der Waals surface area contributed by atoms with Crippen molar-refractivity contribution in [1.82, 2.24) is 4.90 Å². The highest BCUT2D eigenvalue weighted by Gasteiger charge is 2.34. The molecule has 2 aromatic carbocycles. The predicted octanol–water partition coefficient (Wildman–Crippen LogP) is 3.30. The number of carbonyl (C=O) groups is 2. The second-order valence-corrected chi connectivity index (χ2v) is 6.86. The average molecular weight is 352 g/mol. The summed E-state index contributed by atoms with van der Waals surface area (Å²) in [5, 5.41) is 2.92. The van der Waals surface area contributed by atoms with E-state index in [0.29, 0.717) is 24.5 Å². The van der Waals surface area contributed by atoms with Crippen LogP contribution in [0.5, 0.6) is 5.75 Å². The lowest BCUT2D eigenvalue weighted by molar-refractivity contribution is -0.128. The van der Waals surface area contributed by atoms with Gasteiger partial charge in [-0.3, -0.25) is 9.59 Å². The van der Waals surface area contributed by atoms with Gasteiger partial charge in [0.25, 0.3) is 0 Å². The van der Waals surface area contributed by atoms with Crippen molar-refractivity contribution >= 4 is 17.5 Å². The Morgan fingerprint density at radius 2 is 1.96 bits per heavy atom. The summed E-state index contributed by atoms with van der Waals surface area (Å²) in [6.07, 6.45) is 0.242. The van der Waals surface area contributed by atoms with Gasteiger partial charge in [-0.1, -0.05) is 35.9 Å². The Kier molecular flexibility index (Phi) is 5.26. The molecule has 0 aromatic heterocycles. The van der Waals surface area contributed by atoms with Crippen LogP contribution in [0.25, 0.3) is 0 Å². The van der Waals surface area contributed by atoms with Gasteiger partial charge in [-0.25, -0.2) is 0 Å². The van der Waals surface area contributed by atoms with Gasteiger partial charge in [-0.15, -0.1) is 0 Å². The van der Waals surface area contributed by atoms with E-state index in [9.17, 15) is 9.59 Å². The van der Waals surface area contributed by atoms with Crippen molar-refractivity contribution in [1.29, 1.82) is 0 Å². The molecule has 136 valence electrons. The van der Waals surface area contributed by atoms with Crippen LogP contribution < -0.4 is 10.1 Å². The number of hydrogen-bond acceptors (Lipinski definition) is 3. The smallest absolute Gasteiger partial charge is 0.229 e. The van der Waals surface area contributed by atoms with E-state index in [-0.39, 0.29) is 24.2 Å². The molecule has 1 atom stereocenters. The number of ether oxygens (including phenoxy) is 1. The molecule has 1 saturated heterocycles. The maximum Gasteiger partial charge on any atom is 0.229 e. The second-order valence-electron chi connectivity index (χ2n) is 6.86.